The summed E-state index contributed by atoms with van der Waals surface area (Å²) < 4.78 is 5.27. The molecule has 3 fully saturated rings. The van der Waals surface area contributed by atoms with Crippen LogP contribution in [0.5, 0.6) is 0 Å². The van der Waals surface area contributed by atoms with Crippen LogP contribution in [0.2, 0.25) is 0 Å². The molecule has 1 aromatic carbocycles. The topological polar surface area (TPSA) is 125 Å². The van der Waals surface area contributed by atoms with Crippen LogP contribution in [-0.4, -0.2) is 46.1 Å². The lowest BCUT2D eigenvalue weighted by atomic mass is 9.46. The van der Waals surface area contributed by atoms with Crippen molar-refractivity contribution in [3.8, 4) is 6.07 Å². The summed E-state index contributed by atoms with van der Waals surface area (Å²) in [6, 6.07) is 8.66. The van der Waals surface area contributed by atoms with E-state index in [0.29, 0.717) is 17.5 Å². The van der Waals surface area contributed by atoms with Crippen LogP contribution in [0.15, 0.2) is 48.1 Å². The first-order valence-corrected chi connectivity index (χ1v) is 13.0. The molecule has 4 aliphatic rings. The Kier molecular flexibility index (Phi) is 6.24. The summed E-state index contributed by atoms with van der Waals surface area (Å²) in [4.78, 5) is 37.8. The minimum atomic E-state index is -1.69. The second-order valence-corrected chi connectivity index (χ2v) is 11.7. The highest BCUT2D eigenvalue weighted by atomic mass is 16.5. The predicted octanol–water partition coefficient (Wildman–Crippen LogP) is 3.22. The number of hydrogen-bond donors (Lipinski definition) is 2. The first kappa shape index (κ1) is 25.6. The van der Waals surface area contributed by atoms with Crippen molar-refractivity contribution in [2.75, 3.05) is 6.61 Å². The van der Waals surface area contributed by atoms with E-state index in [4.69, 9.17) is 10.00 Å². The molecule has 0 spiro atoms. The number of nitriles is 1. The first-order valence-electron chi connectivity index (χ1n) is 13.0. The Bertz CT molecular complexity index is 1260. The van der Waals surface area contributed by atoms with Crippen molar-refractivity contribution < 1.29 is 29.3 Å². The smallest absolute Gasteiger partial charge is 0.310 e. The van der Waals surface area contributed by atoms with Crippen molar-refractivity contribution >= 4 is 17.5 Å². The summed E-state index contributed by atoms with van der Waals surface area (Å²) in [5.41, 5.74) is -0.850. The van der Waals surface area contributed by atoms with Crippen molar-refractivity contribution in [3.05, 3.63) is 59.2 Å². The van der Waals surface area contributed by atoms with E-state index in [0.717, 1.165) is 18.4 Å². The van der Waals surface area contributed by atoms with Crippen molar-refractivity contribution in [1.82, 2.24) is 0 Å². The largest absolute Gasteiger partial charge is 0.457 e. The van der Waals surface area contributed by atoms with E-state index >= 15 is 0 Å². The number of aliphatic hydroxyl groups is 2. The Morgan fingerprint density at radius 3 is 2.78 bits per heavy atom. The summed E-state index contributed by atoms with van der Waals surface area (Å²) >= 11 is 0. The number of carbonyl (C=O) groups excluding carboxylic acids is 3. The molecule has 1 aromatic rings. The van der Waals surface area contributed by atoms with E-state index in [9.17, 15) is 24.6 Å². The van der Waals surface area contributed by atoms with Gasteiger partial charge in [0.15, 0.2) is 12.4 Å². The van der Waals surface area contributed by atoms with Gasteiger partial charge in [-0.3, -0.25) is 14.4 Å². The van der Waals surface area contributed by atoms with E-state index in [2.05, 4.69) is 6.92 Å². The maximum atomic E-state index is 13.4. The van der Waals surface area contributed by atoms with Gasteiger partial charge in [0.2, 0.25) is 5.78 Å². The molecule has 0 bridgehead atoms. The summed E-state index contributed by atoms with van der Waals surface area (Å²) in [6.07, 6.45) is 7.14. The number of ether oxygens (including phenoxy) is 1. The van der Waals surface area contributed by atoms with E-state index in [1.165, 1.54) is 0 Å². The molecule has 0 aromatic heterocycles. The summed E-state index contributed by atoms with van der Waals surface area (Å²) in [7, 11) is 0. The highest BCUT2D eigenvalue weighted by Crippen LogP contribution is 2.67. The van der Waals surface area contributed by atoms with Crippen LogP contribution in [-0.2, 0) is 25.5 Å². The number of Topliss-reactive ketones (excluding diaryl/α,β-unsaturated/α-hetero) is 1. The van der Waals surface area contributed by atoms with Gasteiger partial charge in [0.25, 0.3) is 0 Å². The fraction of sp³-hybridized carbons (Fsp3) is 0.533. The van der Waals surface area contributed by atoms with Gasteiger partial charge in [-0.05, 0) is 73.8 Å². The number of benzene rings is 1. The number of carbonyl (C=O) groups is 3. The monoisotopic (exact) mass is 503 g/mol. The van der Waals surface area contributed by atoms with Crippen molar-refractivity contribution in [2.45, 2.75) is 64.1 Å². The second kappa shape index (κ2) is 9.04. The van der Waals surface area contributed by atoms with E-state index in [-0.39, 0.29) is 42.8 Å². The molecule has 0 saturated heterocycles. The molecule has 7 heteroatoms. The molecular formula is C30H33NO6. The number of ketones is 2. The molecule has 7 nitrogen and oxygen atoms in total. The van der Waals surface area contributed by atoms with Gasteiger partial charge in [-0.25, -0.2) is 0 Å². The van der Waals surface area contributed by atoms with Crippen LogP contribution in [0.3, 0.4) is 0 Å². The third kappa shape index (κ3) is 3.98. The molecular weight excluding hydrogens is 470 g/mol. The van der Waals surface area contributed by atoms with Gasteiger partial charge in [0.05, 0.1) is 24.2 Å². The molecule has 194 valence electrons. The Morgan fingerprint density at radius 2 is 2.03 bits per heavy atom. The maximum Gasteiger partial charge on any atom is 0.310 e. The Balaban J connectivity index is 1.31. The minimum absolute atomic E-state index is 0.0192. The van der Waals surface area contributed by atoms with Crippen LogP contribution in [0.1, 0.15) is 57.1 Å². The molecule has 5 rings (SSSR count). The fourth-order valence-electron chi connectivity index (χ4n) is 8.02. The maximum absolute atomic E-state index is 13.4. The third-order valence-corrected chi connectivity index (χ3v) is 9.88. The van der Waals surface area contributed by atoms with Gasteiger partial charge >= 0.3 is 5.97 Å². The number of aliphatic hydroxyl groups excluding tert-OH is 1. The highest BCUT2D eigenvalue weighted by Gasteiger charge is 2.68. The molecule has 4 aliphatic carbocycles. The van der Waals surface area contributed by atoms with Gasteiger partial charge in [0.1, 0.15) is 5.60 Å². The average Bonchev–Trinajstić information content (AvgIpc) is 3.13. The Labute approximate surface area is 216 Å². The SMILES string of the molecule is CC12C=CC(=O)C=C1CCC1C2C(O)CC2(C)C1CC[C@]2(O)C(=O)COC(=O)Cc1cccc(C#N)c1. The lowest BCUT2D eigenvalue weighted by Crippen LogP contribution is -2.61. The Hall–Kier alpha value is -3.08. The molecule has 0 aliphatic heterocycles. The lowest BCUT2D eigenvalue weighted by Gasteiger charge is -2.59. The molecule has 7 atom stereocenters. The number of hydrogen-bond acceptors (Lipinski definition) is 7. The molecule has 3 saturated carbocycles. The van der Waals surface area contributed by atoms with Crippen LogP contribution in [0, 0.1) is 39.9 Å². The van der Waals surface area contributed by atoms with Crippen molar-refractivity contribution in [1.29, 1.82) is 5.26 Å². The third-order valence-electron chi connectivity index (χ3n) is 9.88. The van der Waals surface area contributed by atoms with Crippen LogP contribution < -0.4 is 0 Å². The zero-order valence-corrected chi connectivity index (χ0v) is 21.3. The quantitative estimate of drug-likeness (QED) is 0.591. The molecule has 0 radical (unpaired) electrons. The van der Waals surface area contributed by atoms with Crippen LogP contribution >= 0.6 is 0 Å². The van der Waals surface area contributed by atoms with Crippen LogP contribution in [0.4, 0.5) is 0 Å². The van der Waals surface area contributed by atoms with E-state index < -0.39 is 40.9 Å². The molecule has 6 unspecified atom stereocenters. The molecule has 0 amide bonds. The van der Waals surface area contributed by atoms with E-state index in [1.807, 2.05) is 19.1 Å². The fourth-order valence-corrected chi connectivity index (χ4v) is 8.02. The molecule has 0 heterocycles. The standard InChI is InChI=1S/C30H33NO6/c1-28-10-8-21(32)14-20(28)6-7-22-23-9-11-30(36,29(23,2)15-24(33)27(22)28)25(34)17-37-26(35)13-18-4-3-5-19(12-18)16-31/h3-5,8,10,12,14,22-24,27,33,36H,6-7,9,11,13,15,17H2,1-2H3/t22?,23?,24?,27?,28?,29?,30-/m0/s1. The number of rotatable bonds is 5. The van der Waals surface area contributed by atoms with Gasteiger partial charge < -0.3 is 14.9 Å². The number of allylic oxidation sites excluding steroid dienone is 4. The van der Waals surface area contributed by atoms with Gasteiger partial charge in [0, 0.05) is 16.7 Å². The van der Waals surface area contributed by atoms with Gasteiger partial charge in [-0.15, -0.1) is 0 Å². The predicted molar refractivity (Wildman–Crippen MR) is 134 cm³/mol. The number of esters is 1. The van der Waals surface area contributed by atoms with Crippen molar-refractivity contribution in [2.24, 2.45) is 28.6 Å². The zero-order valence-electron chi connectivity index (χ0n) is 21.3. The van der Waals surface area contributed by atoms with Crippen molar-refractivity contribution in [3.63, 3.8) is 0 Å². The average molecular weight is 504 g/mol. The molecule has 37 heavy (non-hydrogen) atoms. The van der Waals surface area contributed by atoms with Gasteiger partial charge in [-0.1, -0.05) is 37.6 Å². The second-order valence-electron chi connectivity index (χ2n) is 11.7. The normalized spacial score (nSPS) is 38.0. The summed E-state index contributed by atoms with van der Waals surface area (Å²) in [6.45, 7) is 3.45. The summed E-state index contributed by atoms with van der Waals surface area (Å²) in [5, 5.41) is 32.3. The number of fused-ring (bicyclic) bond motifs is 5. The number of nitrogens with zero attached hydrogens (tertiary/aromatic N) is 1. The van der Waals surface area contributed by atoms with Gasteiger partial charge in [-0.2, -0.15) is 5.26 Å². The highest BCUT2D eigenvalue weighted by molar-refractivity contribution is 6.01. The Morgan fingerprint density at radius 1 is 1.24 bits per heavy atom. The minimum Gasteiger partial charge on any atom is -0.457 e. The summed E-state index contributed by atoms with van der Waals surface area (Å²) in [5.74, 6) is -1.11. The first-order chi connectivity index (χ1) is 17.5. The van der Waals surface area contributed by atoms with E-state index in [1.54, 1.807) is 36.4 Å². The molecule has 2 N–H and O–H groups in total. The zero-order chi connectivity index (χ0) is 26.6. The lowest BCUT2D eigenvalue weighted by molar-refractivity contribution is -0.181. The van der Waals surface area contributed by atoms with Crippen LogP contribution in [0.25, 0.3) is 0 Å².